The van der Waals surface area contributed by atoms with E-state index in [1.807, 2.05) is 59.1 Å². The van der Waals surface area contributed by atoms with Crippen LogP contribution in [0.4, 0.5) is 10.1 Å². The Balaban J connectivity index is 1.57. The molecule has 37 heavy (non-hydrogen) atoms. The van der Waals surface area contributed by atoms with E-state index in [4.69, 9.17) is 16.3 Å². The quantitative estimate of drug-likeness (QED) is 0.265. The number of methoxy groups -OCH3 is 1. The van der Waals surface area contributed by atoms with E-state index in [0.29, 0.717) is 22.2 Å². The van der Waals surface area contributed by atoms with Gasteiger partial charge in [0.1, 0.15) is 22.9 Å². The highest BCUT2D eigenvalue weighted by Gasteiger charge is 2.29. The molecular weight excluding hydrogens is 489 g/mol. The van der Waals surface area contributed by atoms with E-state index in [0.717, 1.165) is 59.4 Å². The van der Waals surface area contributed by atoms with E-state index in [1.54, 1.807) is 19.2 Å². The Labute approximate surface area is 219 Å². The second-order valence-corrected chi connectivity index (χ2v) is 9.65. The molecule has 1 amide bonds. The number of aromatic nitrogens is 2. The largest absolute Gasteiger partial charge is 0.497 e. The maximum absolute atomic E-state index is 13.9. The minimum Gasteiger partial charge on any atom is -0.497 e. The number of ether oxygens (including phenoxy) is 1. The Bertz CT molecular complexity index is 1600. The molecule has 3 aromatic carbocycles. The molecule has 0 saturated heterocycles. The van der Waals surface area contributed by atoms with Crippen LogP contribution in [0.3, 0.4) is 0 Å². The maximum Gasteiger partial charge on any atom is 0.273 e. The van der Waals surface area contributed by atoms with Crippen LogP contribution in [-0.2, 0) is 13.0 Å². The van der Waals surface area contributed by atoms with Crippen LogP contribution in [0.15, 0.2) is 79.0 Å². The van der Waals surface area contributed by atoms with E-state index in [2.05, 4.69) is 9.88 Å². The molecule has 0 radical (unpaired) electrons. The first-order valence-corrected chi connectivity index (χ1v) is 12.6. The van der Waals surface area contributed by atoms with E-state index >= 15 is 0 Å². The molecule has 2 aromatic heterocycles. The number of nitrogens with one attached hydrogen (secondary N) is 1. The van der Waals surface area contributed by atoms with Crippen molar-refractivity contribution < 1.29 is 13.9 Å². The first-order valence-electron chi connectivity index (χ1n) is 12.3. The highest BCUT2D eigenvalue weighted by molar-refractivity contribution is 6.30. The van der Waals surface area contributed by atoms with Gasteiger partial charge in [0, 0.05) is 34.6 Å². The molecule has 3 heterocycles. The molecule has 5 nitrogen and oxygen atoms in total. The Hall–Kier alpha value is -4.03. The van der Waals surface area contributed by atoms with Gasteiger partial charge in [-0.1, -0.05) is 35.9 Å². The van der Waals surface area contributed by atoms with E-state index < -0.39 is 0 Å². The number of nitrogens with zero attached hydrogens (tertiary/aromatic N) is 2. The van der Waals surface area contributed by atoms with Crippen molar-refractivity contribution in [2.24, 2.45) is 0 Å². The average Bonchev–Trinajstić information content (AvgIpc) is 3.33. The number of rotatable bonds is 5. The number of hydrogen-bond acceptors (Lipinski definition) is 2. The van der Waals surface area contributed by atoms with Crippen molar-refractivity contribution in [3.05, 3.63) is 101 Å². The standard InChI is InChI=1S/C30H25ClFN3O2/c1-37-24-15-13-23(14-16-24)33-29(36)28-27(20-7-11-22(32)12-8-20)25-4-2-3-17-34-26(18-35(28)30(25)34)19-5-9-21(31)10-6-19/h5-16,18H,2-4,17H2,1H3,(H,33,36). The molecule has 5 aromatic rings. The molecular formula is C30H25ClFN3O2. The van der Waals surface area contributed by atoms with Gasteiger partial charge in [0.05, 0.1) is 12.8 Å². The van der Waals surface area contributed by atoms with Crippen LogP contribution in [-0.4, -0.2) is 22.0 Å². The molecule has 6 rings (SSSR count). The van der Waals surface area contributed by atoms with Gasteiger partial charge in [0.15, 0.2) is 0 Å². The van der Waals surface area contributed by atoms with Gasteiger partial charge in [-0.3, -0.25) is 9.20 Å². The first kappa shape index (κ1) is 23.4. The number of hydrogen-bond donors (Lipinski definition) is 1. The summed E-state index contributed by atoms with van der Waals surface area (Å²) in [5, 5.41) is 3.73. The summed E-state index contributed by atoms with van der Waals surface area (Å²) in [6.07, 6.45) is 4.88. The van der Waals surface area contributed by atoms with Crippen molar-refractivity contribution in [2.75, 3.05) is 12.4 Å². The molecule has 0 bridgehead atoms. The van der Waals surface area contributed by atoms with E-state index in [-0.39, 0.29) is 11.7 Å². The predicted molar refractivity (Wildman–Crippen MR) is 145 cm³/mol. The highest BCUT2D eigenvalue weighted by atomic mass is 35.5. The zero-order valence-corrected chi connectivity index (χ0v) is 21.1. The lowest BCUT2D eigenvalue weighted by molar-refractivity contribution is 0.102. The molecule has 0 fully saturated rings. The summed E-state index contributed by atoms with van der Waals surface area (Å²) in [4.78, 5) is 13.9. The van der Waals surface area contributed by atoms with Crippen molar-refractivity contribution >= 4 is 28.8 Å². The third kappa shape index (κ3) is 4.17. The van der Waals surface area contributed by atoms with Gasteiger partial charge in [0.25, 0.3) is 5.91 Å². The van der Waals surface area contributed by atoms with Crippen molar-refractivity contribution in [3.8, 4) is 28.1 Å². The van der Waals surface area contributed by atoms with Gasteiger partial charge in [-0.25, -0.2) is 4.39 Å². The second kappa shape index (κ2) is 9.45. The van der Waals surface area contributed by atoms with Gasteiger partial charge in [-0.2, -0.15) is 0 Å². The van der Waals surface area contributed by atoms with Gasteiger partial charge >= 0.3 is 0 Å². The molecule has 0 atom stereocenters. The summed E-state index contributed by atoms with van der Waals surface area (Å²) < 4.78 is 23.4. The summed E-state index contributed by atoms with van der Waals surface area (Å²) in [7, 11) is 1.61. The third-order valence-electron chi connectivity index (χ3n) is 6.97. The molecule has 0 spiro atoms. The van der Waals surface area contributed by atoms with Gasteiger partial charge in [0.2, 0.25) is 0 Å². The molecule has 1 aliphatic heterocycles. The number of imidazole rings is 1. The number of halogens is 2. The van der Waals surface area contributed by atoms with Crippen molar-refractivity contribution in [3.63, 3.8) is 0 Å². The smallest absolute Gasteiger partial charge is 0.273 e. The van der Waals surface area contributed by atoms with Gasteiger partial charge in [-0.05, 0) is 78.9 Å². The second-order valence-electron chi connectivity index (χ2n) is 9.22. The van der Waals surface area contributed by atoms with Crippen LogP contribution in [0.2, 0.25) is 5.02 Å². The third-order valence-corrected chi connectivity index (χ3v) is 7.22. The molecule has 1 N–H and O–H groups in total. The maximum atomic E-state index is 13.9. The predicted octanol–water partition coefficient (Wildman–Crippen LogP) is 7.46. The summed E-state index contributed by atoms with van der Waals surface area (Å²) in [5.41, 5.74) is 7.02. The summed E-state index contributed by atoms with van der Waals surface area (Å²) in [5.74, 6) is 0.174. The molecule has 1 aliphatic rings. The Morgan fingerprint density at radius 3 is 2.35 bits per heavy atom. The zero-order valence-electron chi connectivity index (χ0n) is 20.3. The van der Waals surface area contributed by atoms with Gasteiger partial charge < -0.3 is 14.6 Å². The average molecular weight is 514 g/mol. The fourth-order valence-electron chi connectivity index (χ4n) is 5.25. The fraction of sp³-hybridized carbons (Fsp3) is 0.167. The number of anilines is 1. The summed E-state index contributed by atoms with van der Waals surface area (Å²) in [6.45, 7) is 0.841. The molecule has 0 saturated carbocycles. The summed E-state index contributed by atoms with van der Waals surface area (Å²) >= 11 is 6.16. The monoisotopic (exact) mass is 513 g/mol. The highest BCUT2D eigenvalue weighted by Crippen LogP contribution is 2.40. The van der Waals surface area contributed by atoms with Crippen LogP contribution >= 0.6 is 11.6 Å². The molecule has 7 heteroatoms. The van der Waals surface area contributed by atoms with Crippen LogP contribution in [0.1, 0.15) is 28.9 Å². The van der Waals surface area contributed by atoms with Crippen LogP contribution in [0.25, 0.3) is 28.0 Å². The lowest BCUT2D eigenvalue weighted by Gasteiger charge is -2.11. The molecule has 0 unspecified atom stereocenters. The number of benzene rings is 3. The topological polar surface area (TPSA) is 47.7 Å². The normalized spacial score (nSPS) is 12.9. The van der Waals surface area contributed by atoms with Crippen LogP contribution < -0.4 is 10.1 Å². The fourth-order valence-corrected chi connectivity index (χ4v) is 5.38. The SMILES string of the molecule is COc1ccc(NC(=O)c2c(-c3ccc(F)cc3)c3c4n(c(-c5ccc(Cl)cc5)cn24)CCCC3)cc1. The Kier molecular flexibility index (Phi) is 5.97. The lowest BCUT2D eigenvalue weighted by atomic mass is 9.97. The van der Waals surface area contributed by atoms with E-state index in [1.165, 1.54) is 12.1 Å². The zero-order chi connectivity index (χ0) is 25.5. The number of carbonyl (C=O) groups excluding carboxylic acids is 1. The van der Waals surface area contributed by atoms with Crippen molar-refractivity contribution in [2.45, 2.75) is 25.8 Å². The molecule has 186 valence electrons. The van der Waals surface area contributed by atoms with Crippen molar-refractivity contribution in [1.82, 2.24) is 8.97 Å². The van der Waals surface area contributed by atoms with E-state index in [9.17, 15) is 9.18 Å². The van der Waals surface area contributed by atoms with Crippen LogP contribution in [0, 0.1) is 5.82 Å². The first-order chi connectivity index (χ1) is 18.0. The summed E-state index contributed by atoms with van der Waals surface area (Å²) in [6, 6.07) is 21.4. The van der Waals surface area contributed by atoms with Crippen LogP contribution in [0.5, 0.6) is 5.75 Å². The number of aryl methyl sites for hydroxylation is 2. The van der Waals surface area contributed by atoms with Gasteiger partial charge in [-0.15, -0.1) is 0 Å². The number of carbonyl (C=O) groups is 1. The Morgan fingerprint density at radius 1 is 0.946 bits per heavy atom. The van der Waals surface area contributed by atoms with Crippen molar-refractivity contribution in [1.29, 1.82) is 0 Å². The Morgan fingerprint density at radius 2 is 1.65 bits per heavy atom. The number of amides is 1. The molecule has 0 aliphatic carbocycles. The lowest BCUT2D eigenvalue weighted by Crippen LogP contribution is -2.15. The minimum absolute atomic E-state index is 0.230. The minimum atomic E-state index is -0.308.